The summed E-state index contributed by atoms with van der Waals surface area (Å²) in [6.45, 7) is 2.17. The third-order valence-electron chi connectivity index (χ3n) is 3.05. The molecule has 0 aliphatic heterocycles. The van der Waals surface area contributed by atoms with E-state index < -0.39 is 0 Å². The van der Waals surface area contributed by atoms with Crippen LogP contribution in [0, 0.1) is 12.7 Å². The summed E-state index contributed by atoms with van der Waals surface area (Å²) >= 11 is 0. The number of aromatic hydroxyl groups is 1. The zero-order valence-electron chi connectivity index (χ0n) is 11.2. The quantitative estimate of drug-likeness (QED) is 0.900. The van der Waals surface area contributed by atoms with E-state index in [1.54, 1.807) is 25.1 Å². The zero-order valence-corrected chi connectivity index (χ0v) is 11.2. The fourth-order valence-electron chi connectivity index (χ4n) is 1.91. The summed E-state index contributed by atoms with van der Waals surface area (Å²) < 4.78 is 13.0. The van der Waals surface area contributed by atoms with Crippen LogP contribution in [0.2, 0.25) is 0 Å². The molecule has 2 aromatic carbocycles. The van der Waals surface area contributed by atoms with Crippen molar-refractivity contribution in [3.63, 3.8) is 0 Å². The molecule has 104 valence electrons. The van der Waals surface area contributed by atoms with Gasteiger partial charge in [-0.2, -0.15) is 0 Å². The minimum absolute atomic E-state index is 0.168. The Bertz CT molecular complexity index is 626. The van der Waals surface area contributed by atoms with Crippen LogP contribution < -0.4 is 5.32 Å². The average Bonchev–Trinajstić information content (AvgIpc) is 2.42. The molecule has 0 saturated carbocycles. The predicted molar refractivity (Wildman–Crippen MR) is 75.3 cm³/mol. The van der Waals surface area contributed by atoms with Crippen LogP contribution in [-0.2, 0) is 6.42 Å². The van der Waals surface area contributed by atoms with Crippen molar-refractivity contribution >= 4 is 5.91 Å². The van der Waals surface area contributed by atoms with Crippen molar-refractivity contribution in [1.82, 2.24) is 5.32 Å². The number of benzene rings is 2. The molecule has 20 heavy (non-hydrogen) atoms. The van der Waals surface area contributed by atoms with E-state index >= 15 is 0 Å². The number of carbonyl (C=O) groups excluding carboxylic acids is 1. The summed E-state index contributed by atoms with van der Waals surface area (Å²) in [5.41, 5.74) is 1.99. The molecular weight excluding hydrogens is 257 g/mol. The second-order valence-electron chi connectivity index (χ2n) is 4.64. The van der Waals surface area contributed by atoms with Gasteiger partial charge in [0.2, 0.25) is 0 Å². The molecular formula is C16H16FNO2. The minimum Gasteiger partial charge on any atom is -0.508 e. The van der Waals surface area contributed by atoms with Crippen molar-refractivity contribution in [3.05, 3.63) is 65.0 Å². The normalized spacial score (nSPS) is 10.3. The fraction of sp³-hybridized carbons (Fsp3) is 0.188. The first-order valence-corrected chi connectivity index (χ1v) is 6.38. The number of aryl methyl sites for hydroxylation is 1. The summed E-state index contributed by atoms with van der Waals surface area (Å²) in [5.74, 6) is -0.311. The van der Waals surface area contributed by atoms with Crippen LogP contribution in [0.25, 0.3) is 0 Å². The Labute approximate surface area is 117 Å². The molecule has 2 aromatic rings. The van der Waals surface area contributed by atoms with Crippen LogP contribution in [0.1, 0.15) is 21.5 Å². The second-order valence-corrected chi connectivity index (χ2v) is 4.64. The van der Waals surface area contributed by atoms with Crippen LogP contribution in [0.3, 0.4) is 0 Å². The van der Waals surface area contributed by atoms with Gasteiger partial charge in [0.25, 0.3) is 5.91 Å². The van der Waals surface area contributed by atoms with Gasteiger partial charge in [-0.25, -0.2) is 4.39 Å². The van der Waals surface area contributed by atoms with E-state index in [2.05, 4.69) is 5.32 Å². The molecule has 0 radical (unpaired) electrons. The Kier molecular flexibility index (Phi) is 4.35. The summed E-state index contributed by atoms with van der Waals surface area (Å²) in [6.07, 6.45) is 0.570. The number of phenols is 1. The molecule has 0 fully saturated rings. The Balaban J connectivity index is 1.90. The molecule has 0 atom stereocenters. The van der Waals surface area contributed by atoms with Crippen molar-refractivity contribution in [2.24, 2.45) is 0 Å². The van der Waals surface area contributed by atoms with Crippen LogP contribution >= 0.6 is 0 Å². The van der Waals surface area contributed by atoms with Crippen molar-refractivity contribution in [2.75, 3.05) is 6.54 Å². The van der Waals surface area contributed by atoms with Gasteiger partial charge in [0, 0.05) is 12.1 Å². The summed E-state index contributed by atoms with van der Waals surface area (Å²) in [5, 5.41) is 12.2. The number of phenolic OH excluding ortho intramolecular Hbond substituents is 1. The molecule has 0 aliphatic rings. The van der Waals surface area contributed by atoms with E-state index in [-0.39, 0.29) is 17.5 Å². The number of amides is 1. The third kappa shape index (κ3) is 3.57. The summed E-state index contributed by atoms with van der Waals surface area (Å²) in [6, 6.07) is 11.0. The van der Waals surface area contributed by atoms with Crippen LogP contribution in [-0.4, -0.2) is 17.6 Å². The first kappa shape index (κ1) is 14.1. The molecule has 0 aromatic heterocycles. The van der Waals surface area contributed by atoms with Crippen molar-refractivity contribution in [3.8, 4) is 5.75 Å². The topological polar surface area (TPSA) is 49.3 Å². The van der Waals surface area contributed by atoms with Crippen LogP contribution in [0.5, 0.6) is 5.75 Å². The van der Waals surface area contributed by atoms with Gasteiger partial charge in [-0.1, -0.05) is 12.1 Å². The van der Waals surface area contributed by atoms with E-state index in [4.69, 9.17) is 0 Å². The SMILES string of the molecule is Cc1cc(C(=O)NCCc2cccc(F)c2)ccc1O. The zero-order chi connectivity index (χ0) is 14.5. The van der Waals surface area contributed by atoms with Crippen molar-refractivity contribution in [2.45, 2.75) is 13.3 Å². The minimum atomic E-state index is -0.275. The number of carbonyl (C=O) groups is 1. The Morgan fingerprint density at radius 1 is 1.25 bits per heavy atom. The molecule has 0 aliphatic carbocycles. The first-order chi connectivity index (χ1) is 9.56. The molecule has 0 heterocycles. The van der Waals surface area contributed by atoms with Gasteiger partial charge >= 0.3 is 0 Å². The Morgan fingerprint density at radius 2 is 2.05 bits per heavy atom. The number of nitrogens with one attached hydrogen (secondary N) is 1. The van der Waals surface area contributed by atoms with Crippen molar-refractivity contribution < 1.29 is 14.3 Å². The third-order valence-corrected chi connectivity index (χ3v) is 3.05. The van der Waals surface area contributed by atoms with Crippen LogP contribution in [0.15, 0.2) is 42.5 Å². The lowest BCUT2D eigenvalue weighted by Gasteiger charge is -2.07. The smallest absolute Gasteiger partial charge is 0.251 e. The molecule has 3 nitrogen and oxygen atoms in total. The lowest BCUT2D eigenvalue weighted by molar-refractivity contribution is 0.0954. The van der Waals surface area contributed by atoms with Gasteiger partial charge in [0.15, 0.2) is 0 Å². The number of hydrogen-bond acceptors (Lipinski definition) is 2. The molecule has 1 amide bonds. The largest absolute Gasteiger partial charge is 0.508 e. The number of rotatable bonds is 4. The van der Waals surface area contributed by atoms with Gasteiger partial charge in [-0.05, 0) is 54.8 Å². The molecule has 0 saturated heterocycles. The summed E-state index contributed by atoms with van der Waals surface area (Å²) in [7, 11) is 0. The van der Waals surface area contributed by atoms with Gasteiger partial charge < -0.3 is 10.4 Å². The first-order valence-electron chi connectivity index (χ1n) is 6.38. The maximum atomic E-state index is 13.0. The van der Waals surface area contributed by atoms with E-state index in [9.17, 15) is 14.3 Å². The lowest BCUT2D eigenvalue weighted by Crippen LogP contribution is -2.25. The van der Waals surface area contributed by atoms with Crippen LogP contribution in [0.4, 0.5) is 4.39 Å². The molecule has 2 rings (SSSR count). The Morgan fingerprint density at radius 3 is 2.75 bits per heavy atom. The maximum absolute atomic E-state index is 13.0. The van der Waals surface area contributed by atoms with E-state index in [0.29, 0.717) is 24.1 Å². The molecule has 4 heteroatoms. The van der Waals surface area contributed by atoms with E-state index in [0.717, 1.165) is 5.56 Å². The van der Waals surface area contributed by atoms with E-state index in [1.165, 1.54) is 18.2 Å². The van der Waals surface area contributed by atoms with Gasteiger partial charge in [0.1, 0.15) is 11.6 Å². The standard InChI is InChI=1S/C16H16FNO2/c1-11-9-13(5-6-15(11)19)16(20)18-8-7-12-3-2-4-14(17)10-12/h2-6,9-10,19H,7-8H2,1H3,(H,18,20). The Hall–Kier alpha value is -2.36. The highest BCUT2D eigenvalue weighted by atomic mass is 19.1. The highest BCUT2D eigenvalue weighted by Crippen LogP contribution is 2.16. The van der Waals surface area contributed by atoms with Gasteiger partial charge in [-0.15, -0.1) is 0 Å². The molecule has 2 N–H and O–H groups in total. The summed E-state index contributed by atoms with van der Waals surface area (Å²) in [4.78, 5) is 11.9. The maximum Gasteiger partial charge on any atom is 0.251 e. The highest BCUT2D eigenvalue weighted by Gasteiger charge is 2.06. The number of halogens is 1. The van der Waals surface area contributed by atoms with E-state index in [1.807, 2.05) is 6.07 Å². The van der Waals surface area contributed by atoms with Gasteiger partial charge in [-0.3, -0.25) is 4.79 Å². The monoisotopic (exact) mass is 273 g/mol. The van der Waals surface area contributed by atoms with Crippen molar-refractivity contribution in [1.29, 1.82) is 0 Å². The predicted octanol–water partition coefficient (Wildman–Crippen LogP) is 2.81. The molecule has 0 spiro atoms. The fourth-order valence-corrected chi connectivity index (χ4v) is 1.91. The molecule has 0 unspecified atom stereocenters. The number of hydrogen-bond donors (Lipinski definition) is 2. The highest BCUT2D eigenvalue weighted by molar-refractivity contribution is 5.94. The van der Waals surface area contributed by atoms with Gasteiger partial charge in [0.05, 0.1) is 0 Å². The lowest BCUT2D eigenvalue weighted by atomic mass is 10.1. The molecule has 0 bridgehead atoms. The second kappa shape index (κ2) is 6.19. The average molecular weight is 273 g/mol.